The summed E-state index contributed by atoms with van der Waals surface area (Å²) in [5.74, 6) is -0.292. The van der Waals surface area contributed by atoms with E-state index in [-0.39, 0.29) is 12.5 Å². The van der Waals surface area contributed by atoms with E-state index in [1.54, 1.807) is 27.0 Å². The van der Waals surface area contributed by atoms with Crippen LogP contribution in [0.3, 0.4) is 0 Å². The second kappa shape index (κ2) is 8.98. The summed E-state index contributed by atoms with van der Waals surface area (Å²) in [6.07, 6.45) is 3.38. The van der Waals surface area contributed by atoms with Gasteiger partial charge in [0.25, 0.3) is 0 Å². The molecule has 7 heteroatoms. The Balaban J connectivity index is 1.79. The Kier molecular flexibility index (Phi) is 6.40. The number of carbonyl (C=O) groups excluding carboxylic acids is 2. The quantitative estimate of drug-likeness (QED) is 0.655. The Bertz CT molecular complexity index is 1020. The van der Waals surface area contributed by atoms with Crippen LogP contribution >= 0.6 is 0 Å². The minimum Gasteiger partial charge on any atom is -0.444 e. The van der Waals surface area contributed by atoms with E-state index in [2.05, 4.69) is 15.6 Å². The van der Waals surface area contributed by atoms with Crippen molar-refractivity contribution in [2.75, 3.05) is 0 Å². The Morgan fingerprint density at radius 1 is 1.13 bits per heavy atom. The molecule has 0 radical (unpaired) electrons. The van der Waals surface area contributed by atoms with E-state index >= 15 is 0 Å². The predicted octanol–water partition coefficient (Wildman–Crippen LogP) is 3.33. The summed E-state index contributed by atoms with van der Waals surface area (Å²) >= 11 is 0. The van der Waals surface area contributed by atoms with Gasteiger partial charge in [-0.15, -0.1) is 0 Å². The molecule has 0 spiro atoms. The molecule has 0 aliphatic carbocycles. The molecule has 30 heavy (non-hydrogen) atoms. The zero-order valence-electron chi connectivity index (χ0n) is 17.8. The van der Waals surface area contributed by atoms with Crippen LogP contribution in [0.15, 0.2) is 54.9 Å². The number of nitrogens with zero attached hydrogens (tertiary/aromatic N) is 2. The molecule has 2 N–H and O–H groups in total. The monoisotopic (exact) mass is 408 g/mol. The van der Waals surface area contributed by atoms with Crippen molar-refractivity contribution in [1.29, 1.82) is 0 Å². The number of pyridine rings is 1. The highest BCUT2D eigenvalue weighted by molar-refractivity contribution is 5.88. The van der Waals surface area contributed by atoms with Gasteiger partial charge >= 0.3 is 6.09 Å². The average molecular weight is 409 g/mol. The molecule has 1 aromatic carbocycles. The summed E-state index contributed by atoms with van der Waals surface area (Å²) in [6, 6.07) is 12.7. The Morgan fingerprint density at radius 3 is 2.57 bits per heavy atom. The smallest absolute Gasteiger partial charge is 0.408 e. The third kappa shape index (κ3) is 5.59. The first kappa shape index (κ1) is 21.4. The van der Waals surface area contributed by atoms with Crippen LogP contribution < -0.4 is 10.6 Å². The third-order valence-electron chi connectivity index (χ3n) is 4.58. The molecule has 2 aromatic heterocycles. The number of carbonyl (C=O) groups is 2. The van der Waals surface area contributed by atoms with Gasteiger partial charge in [-0.2, -0.15) is 0 Å². The second-order valence-electron chi connectivity index (χ2n) is 8.22. The lowest BCUT2D eigenvalue weighted by atomic mass is 10.0. The van der Waals surface area contributed by atoms with Gasteiger partial charge in [0.1, 0.15) is 11.6 Å². The molecule has 2 heterocycles. The number of ether oxygens (including phenoxy) is 1. The molecule has 158 valence electrons. The summed E-state index contributed by atoms with van der Waals surface area (Å²) in [5.41, 5.74) is 2.13. The van der Waals surface area contributed by atoms with Gasteiger partial charge < -0.3 is 19.9 Å². The molecule has 3 aromatic rings. The summed E-state index contributed by atoms with van der Waals surface area (Å²) in [6.45, 7) is 5.63. The Hall–Kier alpha value is -3.35. The summed E-state index contributed by atoms with van der Waals surface area (Å²) in [4.78, 5) is 29.5. The number of nitrogens with one attached hydrogen (secondary N) is 2. The molecule has 0 aliphatic heterocycles. The highest BCUT2D eigenvalue weighted by Gasteiger charge is 2.25. The molecule has 0 saturated heterocycles. The molecule has 0 saturated carbocycles. The number of amides is 2. The normalized spacial score (nSPS) is 12.4. The molecule has 2 amide bonds. The summed E-state index contributed by atoms with van der Waals surface area (Å²) in [5, 5.41) is 6.64. The summed E-state index contributed by atoms with van der Waals surface area (Å²) in [7, 11) is 1.96. The van der Waals surface area contributed by atoms with Crippen molar-refractivity contribution in [2.24, 2.45) is 7.05 Å². The molecule has 0 aliphatic rings. The lowest BCUT2D eigenvalue weighted by Crippen LogP contribution is -2.49. The van der Waals surface area contributed by atoms with Gasteiger partial charge in [0.15, 0.2) is 0 Å². The van der Waals surface area contributed by atoms with E-state index in [4.69, 9.17) is 4.74 Å². The predicted molar refractivity (Wildman–Crippen MR) is 116 cm³/mol. The standard InChI is InChI=1S/C23H28N4O3/c1-23(2,3)30-22(29)26-19(21(28)25-14-17-9-7-8-12-24-17)13-16-15-27(4)20-11-6-5-10-18(16)20/h5-12,15,19H,13-14H2,1-4H3,(H,25,28)(H,26,29)/t19-/m1/s1. The van der Waals surface area contributed by atoms with Crippen molar-refractivity contribution >= 4 is 22.9 Å². The zero-order valence-corrected chi connectivity index (χ0v) is 17.8. The van der Waals surface area contributed by atoms with Gasteiger partial charge in [-0.05, 0) is 44.5 Å². The number of rotatable bonds is 6. The number of alkyl carbamates (subject to hydrolysis) is 1. The fourth-order valence-corrected chi connectivity index (χ4v) is 3.27. The minimum atomic E-state index is -0.783. The van der Waals surface area contributed by atoms with Crippen molar-refractivity contribution in [1.82, 2.24) is 20.2 Å². The maximum absolute atomic E-state index is 12.9. The molecule has 0 unspecified atom stereocenters. The fourth-order valence-electron chi connectivity index (χ4n) is 3.27. The number of aryl methyl sites for hydroxylation is 1. The lowest BCUT2D eigenvalue weighted by Gasteiger charge is -2.23. The third-order valence-corrected chi connectivity index (χ3v) is 4.58. The molecule has 7 nitrogen and oxygen atoms in total. The van der Waals surface area contributed by atoms with Crippen molar-refractivity contribution in [2.45, 2.75) is 45.4 Å². The highest BCUT2D eigenvalue weighted by Crippen LogP contribution is 2.22. The van der Waals surface area contributed by atoms with Gasteiger partial charge in [-0.3, -0.25) is 9.78 Å². The van der Waals surface area contributed by atoms with E-state index in [9.17, 15) is 9.59 Å². The highest BCUT2D eigenvalue weighted by atomic mass is 16.6. The van der Waals surface area contributed by atoms with Crippen LogP contribution in [0.1, 0.15) is 32.0 Å². The van der Waals surface area contributed by atoms with Crippen LogP contribution in [0.2, 0.25) is 0 Å². The number of hydrogen-bond donors (Lipinski definition) is 2. The zero-order chi connectivity index (χ0) is 21.7. The topological polar surface area (TPSA) is 85.2 Å². The van der Waals surface area contributed by atoms with E-state index in [1.165, 1.54) is 0 Å². The second-order valence-corrected chi connectivity index (χ2v) is 8.22. The lowest BCUT2D eigenvalue weighted by molar-refractivity contribution is -0.123. The number of aromatic nitrogens is 2. The largest absolute Gasteiger partial charge is 0.444 e. The van der Waals surface area contributed by atoms with Gasteiger partial charge in [0.05, 0.1) is 12.2 Å². The van der Waals surface area contributed by atoms with Crippen LogP contribution in [0.25, 0.3) is 10.9 Å². The van der Waals surface area contributed by atoms with Crippen molar-refractivity contribution in [3.8, 4) is 0 Å². The van der Waals surface area contributed by atoms with E-state index in [0.29, 0.717) is 6.42 Å². The van der Waals surface area contributed by atoms with Gasteiger partial charge in [-0.25, -0.2) is 4.79 Å². The van der Waals surface area contributed by atoms with Crippen LogP contribution in [0, 0.1) is 0 Å². The first-order valence-electron chi connectivity index (χ1n) is 9.93. The first-order valence-corrected chi connectivity index (χ1v) is 9.93. The van der Waals surface area contributed by atoms with E-state index in [1.807, 2.05) is 60.3 Å². The number of benzene rings is 1. The maximum Gasteiger partial charge on any atom is 0.408 e. The van der Waals surface area contributed by atoms with Crippen LogP contribution in [-0.2, 0) is 29.5 Å². The average Bonchev–Trinajstić information content (AvgIpc) is 3.01. The van der Waals surface area contributed by atoms with Crippen LogP contribution in [0.5, 0.6) is 0 Å². The molecule has 0 bridgehead atoms. The van der Waals surface area contributed by atoms with Gasteiger partial charge in [0.2, 0.25) is 5.91 Å². The van der Waals surface area contributed by atoms with E-state index < -0.39 is 17.7 Å². The minimum absolute atomic E-state index is 0.279. The van der Waals surface area contributed by atoms with Crippen molar-refractivity contribution in [3.05, 3.63) is 66.1 Å². The van der Waals surface area contributed by atoms with Crippen molar-refractivity contribution < 1.29 is 14.3 Å². The van der Waals surface area contributed by atoms with Crippen LogP contribution in [-0.4, -0.2) is 33.2 Å². The Labute approximate surface area is 176 Å². The van der Waals surface area contributed by atoms with Gasteiger partial charge in [0, 0.05) is 36.8 Å². The Morgan fingerprint density at radius 2 is 1.87 bits per heavy atom. The molecular weight excluding hydrogens is 380 g/mol. The summed E-state index contributed by atoms with van der Waals surface area (Å²) < 4.78 is 7.38. The number of fused-ring (bicyclic) bond motifs is 1. The fraction of sp³-hybridized carbons (Fsp3) is 0.348. The first-order chi connectivity index (χ1) is 14.2. The molecule has 1 atom stereocenters. The van der Waals surface area contributed by atoms with Gasteiger partial charge in [-0.1, -0.05) is 24.3 Å². The number of para-hydroxylation sites is 1. The SMILES string of the molecule is Cn1cc(C[C@@H](NC(=O)OC(C)(C)C)C(=O)NCc2ccccn2)c2ccccc21. The van der Waals surface area contributed by atoms with E-state index in [0.717, 1.165) is 22.2 Å². The van der Waals surface area contributed by atoms with Crippen LogP contribution in [0.4, 0.5) is 4.79 Å². The number of hydrogen-bond acceptors (Lipinski definition) is 4. The van der Waals surface area contributed by atoms with Crippen molar-refractivity contribution in [3.63, 3.8) is 0 Å². The molecular formula is C23H28N4O3. The molecule has 3 rings (SSSR count). The molecule has 0 fully saturated rings. The maximum atomic E-state index is 12.9.